The van der Waals surface area contributed by atoms with Crippen LogP contribution in [-0.2, 0) is 4.74 Å². The van der Waals surface area contributed by atoms with Crippen molar-refractivity contribution < 1.29 is 14.3 Å². The molecule has 1 aromatic rings. The van der Waals surface area contributed by atoms with Crippen LogP contribution in [0.25, 0.3) is 0 Å². The van der Waals surface area contributed by atoms with E-state index in [2.05, 4.69) is 4.74 Å². The standard InChI is InChI=1S/C12H12O3/c1-3-4-11(13)9-5-7-10(8-6-9)12(14)15-2/h3-8H,1-2H3/b4-3+. The maximum absolute atomic E-state index is 11.4. The molecule has 15 heavy (non-hydrogen) atoms. The van der Waals surface area contributed by atoms with Gasteiger partial charge in [-0.2, -0.15) is 0 Å². The summed E-state index contributed by atoms with van der Waals surface area (Å²) in [6.45, 7) is 1.78. The Labute approximate surface area is 88.4 Å². The third-order valence-corrected chi connectivity index (χ3v) is 1.91. The monoisotopic (exact) mass is 204 g/mol. The Balaban J connectivity index is 2.90. The van der Waals surface area contributed by atoms with Gasteiger partial charge in [0.15, 0.2) is 5.78 Å². The number of carbonyl (C=O) groups is 2. The van der Waals surface area contributed by atoms with E-state index >= 15 is 0 Å². The lowest BCUT2D eigenvalue weighted by molar-refractivity contribution is 0.0600. The van der Waals surface area contributed by atoms with E-state index in [1.54, 1.807) is 37.3 Å². The van der Waals surface area contributed by atoms with E-state index in [0.29, 0.717) is 11.1 Å². The van der Waals surface area contributed by atoms with Crippen molar-refractivity contribution in [1.82, 2.24) is 0 Å². The van der Waals surface area contributed by atoms with Crippen LogP contribution in [0.1, 0.15) is 27.6 Å². The van der Waals surface area contributed by atoms with Gasteiger partial charge in [0.1, 0.15) is 0 Å². The summed E-state index contributed by atoms with van der Waals surface area (Å²) < 4.78 is 4.55. The molecule has 3 nitrogen and oxygen atoms in total. The zero-order chi connectivity index (χ0) is 11.3. The number of rotatable bonds is 3. The summed E-state index contributed by atoms with van der Waals surface area (Å²) >= 11 is 0. The van der Waals surface area contributed by atoms with Crippen LogP contribution in [0.2, 0.25) is 0 Å². The Morgan fingerprint density at radius 2 is 1.67 bits per heavy atom. The van der Waals surface area contributed by atoms with E-state index in [4.69, 9.17) is 0 Å². The lowest BCUT2D eigenvalue weighted by atomic mass is 10.1. The van der Waals surface area contributed by atoms with Crippen molar-refractivity contribution in [2.75, 3.05) is 7.11 Å². The van der Waals surface area contributed by atoms with Crippen LogP contribution in [0.4, 0.5) is 0 Å². The van der Waals surface area contributed by atoms with E-state index in [1.165, 1.54) is 13.2 Å². The molecule has 0 bridgehead atoms. The fourth-order valence-corrected chi connectivity index (χ4v) is 1.14. The van der Waals surface area contributed by atoms with Gasteiger partial charge in [-0.15, -0.1) is 0 Å². The second-order valence-electron chi connectivity index (χ2n) is 2.93. The van der Waals surface area contributed by atoms with Crippen molar-refractivity contribution in [3.05, 3.63) is 47.5 Å². The van der Waals surface area contributed by atoms with Crippen molar-refractivity contribution in [1.29, 1.82) is 0 Å². The molecule has 0 saturated heterocycles. The average molecular weight is 204 g/mol. The van der Waals surface area contributed by atoms with Crippen LogP contribution in [0.15, 0.2) is 36.4 Å². The molecule has 0 heterocycles. The minimum absolute atomic E-state index is 0.0751. The van der Waals surface area contributed by atoms with Crippen molar-refractivity contribution in [3.63, 3.8) is 0 Å². The van der Waals surface area contributed by atoms with Crippen LogP contribution in [0.5, 0.6) is 0 Å². The molecule has 0 saturated carbocycles. The Bertz CT molecular complexity index is 388. The number of carbonyl (C=O) groups excluding carboxylic acids is 2. The van der Waals surface area contributed by atoms with Gasteiger partial charge in [-0.1, -0.05) is 18.2 Å². The number of ketones is 1. The molecule has 1 rings (SSSR count). The molecule has 0 radical (unpaired) electrons. The first-order valence-corrected chi connectivity index (χ1v) is 4.54. The van der Waals surface area contributed by atoms with Crippen molar-refractivity contribution >= 4 is 11.8 Å². The Hall–Kier alpha value is -1.90. The van der Waals surface area contributed by atoms with Gasteiger partial charge in [-0.05, 0) is 25.1 Å². The summed E-state index contributed by atoms with van der Waals surface area (Å²) in [7, 11) is 1.32. The lowest BCUT2D eigenvalue weighted by Crippen LogP contribution is -2.02. The SMILES string of the molecule is C/C=C/C(=O)c1ccc(C(=O)OC)cc1. The second-order valence-corrected chi connectivity index (χ2v) is 2.93. The molecule has 0 aromatic heterocycles. The van der Waals surface area contributed by atoms with Crippen LogP contribution in [0.3, 0.4) is 0 Å². The number of methoxy groups -OCH3 is 1. The zero-order valence-electron chi connectivity index (χ0n) is 8.69. The van der Waals surface area contributed by atoms with E-state index in [0.717, 1.165) is 0 Å². The summed E-state index contributed by atoms with van der Waals surface area (Å²) in [6, 6.07) is 6.36. The van der Waals surface area contributed by atoms with Crippen LogP contribution >= 0.6 is 0 Å². The Kier molecular flexibility index (Phi) is 3.80. The van der Waals surface area contributed by atoms with E-state index in [9.17, 15) is 9.59 Å². The zero-order valence-corrected chi connectivity index (χ0v) is 8.69. The summed E-state index contributed by atoms with van der Waals surface area (Å²) in [6.07, 6.45) is 3.16. The van der Waals surface area contributed by atoms with Gasteiger partial charge in [0.25, 0.3) is 0 Å². The number of allylic oxidation sites excluding steroid dienone is 2. The number of esters is 1. The molecule has 0 aliphatic carbocycles. The molecular weight excluding hydrogens is 192 g/mol. The van der Waals surface area contributed by atoms with Gasteiger partial charge >= 0.3 is 5.97 Å². The number of hydrogen-bond donors (Lipinski definition) is 0. The topological polar surface area (TPSA) is 43.4 Å². The van der Waals surface area contributed by atoms with Crippen molar-refractivity contribution in [2.24, 2.45) is 0 Å². The largest absolute Gasteiger partial charge is 0.465 e. The fraction of sp³-hybridized carbons (Fsp3) is 0.167. The van der Waals surface area contributed by atoms with Crippen LogP contribution < -0.4 is 0 Å². The minimum atomic E-state index is -0.403. The Morgan fingerprint density at radius 3 is 2.13 bits per heavy atom. The molecule has 0 aliphatic rings. The second kappa shape index (κ2) is 5.10. The average Bonchev–Trinajstić information content (AvgIpc) is 2.28. The summed E-state index contributed by atoms with van der Waals surface area (Å²) in [5.74, 6) is -0.478. The number of ether oxygens (including phenoxy) is 1. The first-order chi connectivity index (χ1) is 7.19. The van der Waals surface area contributed by atoms with Gasteiger partial charge in [0, 0.05) is 5.56 Å². The van der Waals surface area contributed by atoms with Crippen molar-refractivity contribution in [2.45, 2.75) is 6.92 Å². The molecule has 0 atom stereocenters. The number of benzene rings is 1. The molecule has 0 N–H and O–H groups in total. The van der Waals surface area contributed by atoms with Crippen LogP contribution in [0, 0.1) is 0 Å². The van der Waals surface area contributed by atoms with E-state index < -0.39 is 5.97 Å². The molecule has 0 fully saturated rings. The van der Waals surface area contributed by atoms with Crippen molar-refractivity contribution in [3.8, 4) is 0 Å². The molecule has 0 aliphatic heterocycles. The predicted molar refractivity (Wildman–Crippen MR) is 56.9 cm³/mol. The van der Waals surface area contributed by atoms with Gasteiger partial charge in [0.2, 0.25) is 0 Å². The van der Waals surface area contributed by atoms with Crippen LogP contribution in [-0.4, -0.2) is 18.9 Å². The molecule has 1 aromatic carbocycles. The van der Waals surface area contributed by atoms with E-state index in [1.807, 2.05) is 0 Å². The third-order valence-electron chi connectivity index (χ3n) is 1.91. The summed E-state index contributed by atoms with van der Waals surface area (Å²) in [5.41, 5.74) is 0.996. The predicted octanol–water partition coefficient (Wildman–Crippen LogP) is 2.23. The third kappa shape index (κ3) is 2.77. The molecule has 78 valence electrons. The molecule has 3 heteroatoms. The molecule has 0 unspecified atom stereocenters. The summed E-state index contributed by atoms with van der Waals surface area (Å²) in [4.78, 5) is 22.5. The minimum Gasteiger partial charge on any atom is -0.465 e. The molecular formula is C12H12O3. The Morgan fingerprint density at radius 1 is 1.13 bits per heavy atom. The quantitative estimate of drug-likeness (QED) is 0.431. The molecule has 0 spiro atoms. The highest BCUT2D eigenvalue weighted by Gasteiger charge is 2.06. The first-order valence-electron chi connectivity index (χ1n) is 4.54. The highest BCUT2D eigenvalue weighted by molar-refractivity contribution is 6.05. The van der Waals surface area contributed by atoms with E-state index in [-0.39, 0.29) is 5.78 Å². The highest BCUT2D eigenvalue weighted by Crippen LogP contribution is 2.06. The summed E-state index contributed by atoms with van der Waals surface area (Å²) in [5, 5.41) is 0. The smallest absolute Gasteiger partial charge is 0.337 e. The first kappa shape index (κ1) is 11.2. The highest BCUT2D eigenvalue weighted by atomic mass is 16.5. The maximum atomic E-state index is 11.4. The maximum Gasteiger partial charge on any atom is 0.337 e. The number of hydrogen-bond acceptors (Lipinski definition) is 3. The molecule has 0 amide bonds. The van der Waals surface area contributed by atoms with Gasteiger partial charge in [-0.25, -0.2) is 4.79 Å². The van der Waals surface area contributed by atoms with Gasteiger partial charge in [0.05, 0.1) is 12.7 Å². The fourth-order valence-electron chi connectivity index (χ4n) is 1.14. The van der Waals surface area contributed by atoms with Gasteiger partial charge < -0.3 is 4.74 Å². The normalized spacial score (nSPS) is 10.3. The lowest BCUT2D eigenvalue weighted by Gasteiger charge is -1.99. The van der Waals surface area contributed by atoms with Gasteiger partial charge in [-0.3, -0.25) is 4.79 Å².